The van der Waals surface area contributed by atoms with E-state index in [1.807, 2.05) is 30.0 Å². The maximum absolute atomic E-state index is 5.47. The molecule has 10 nitrogen and oxygen atoms in total. The molecule has 2 saturated heterocycles. The van der Waals surface area contributed by atoms with Crippen molar-refractivity contribution in [3.63, 3.8) is 0 Å². The van der Waals surface area contributed by atoms with Gasteiger partial charge in [-0.05, 0) is 32.0 Å². The van der Waals surface area contributed by atoms with Crippen LogP contribution in [0.3, 0.4) is 0 Å². The number of nitrogens with one attached hydrogen (secondary N) is 3. The fraction of sp³-hybridized carbons (Fsp3) is 0.464. The van der Waals surface area contributed by atoms with E-state index in [0.29, 0.717) is 0 Å². The minimum atomic E-state index is 0.271. The molecular formula is C28H37N9OS. The SMILES string of the molecule is CC(C)Nc1cc(Nc2ccc3ncsc3c2)ncc1-c1ncc(N2CCN(CCN3CCOCC3)CC2)[nH]1. The van der Waals surface area contributed by atoms with Crippen molar-refractivity contribution in [1.29, 1.82) is 0 Å². The van der Waals surface area contributed by atoms with Crippen molar-refractivity contribution < 1.29 is 4.74 Å². The fourth-order valence-corrected chi connectivity index (χ4v) is 5.87. The van der Waals surface area contributed by atoms with Gasteiger partial charge in [-0.1, -0.05) is 0 Å². The zero-order valence-corrected chi connectivity index (χ0v) is 23.5. The number of pyridine rings is 1. The highest BCUT2D eigenvalue weighted by Crippen LogP contribution is 2.31. The van der Waals surface area contributed by atoms with Gasteiger partial charge in [-0.25, -0.2) is 15.0 Å². The first-order valence-electron chi connectivity index (χ1n) is 13.8. The minimum Gasteiger partial charge on any atom is -0.382 e. The smallest absolute Gasteiger partial charge is 0.142 e. The number of fused-ring (bicyclic) bond motifs is 1. The number of hydrogen-bond donors (Lipinski definition) is 3. The van der Waals surface area contributed by atoms with E-state index < -0.39 is 0 Å². The van der Waals surface area contributed by atoms with Gasteiger partial charge in [0.25, 0.3) is 0 Å². The van der Waals surface area contributed by atoms with E-state index in [1.165, 1.54) is 0 Å². The van der Waals surface area contributed by atoms with Crippen molar-refractivity contribution in [1.82, 2.24) is 29.7 Å². The molecular weight excluding hydrogens is 510 g/mol. The van der Waals surface area contributed by atoms with Crippen LogP contribution in [-0.2, 0) is 4.74 Å². The number of imidazole rings is 1. The van der Waals surface area contributed by atoms with Gasteiger partial charge in [0.15, 0.2) is 0 Å². The zero-order chi connectivity index (χ0) is 26.6. The summed E-state index contributed by atoms with van der Waals surface area (Å²) in [5.41, 5.74) is 5.83. The molecule has 206 valence electrons. The van der Waals surface area contributed by atoms with E-state index >= 15 is 0 Å². The highest BCUT2D eigenvalue weighted by Gasteiger charge is 2.21. The van der Waals surface area contributed by atoms with Crippen LogP contribution in [0, 0.1) is 0 Å². The second-order valence-electron chi connectivity index (χ2n) is 10.5. The lowest BCUT2D eigenvalue weighted by Crippen LogP contribution is -2.49. The maximum atomic E-state index is 5.47. The number of aromatic amines is 1. The third kappa shape index (κ3) is 6.33. The molecule has 4 aromatic rings. The molecule has 0 saturated carbocycles. The van der Waals surface area contributed by atoms with Gasteiger partial charge in [0.05, 0.1) is 46.4 Å². The van der Waals surface area contributed by atoms with Crippen LogP contribution >= 0.6 is 11.3 Å². The van der Waals surface area contributed by atoms with Crippen molar-refractivity contribution in [2.75, 3.05) is 81.1 Å². The largest absolute Gasteiger partial charge is 0.382 e. The predicted octanol–water partition coefficient (Wildman–Crippen LogP) is 4.10. The number of thiazole rings is 1. The number of aromatic nitrogens is 4. The van der Waals surface area contributed by atoms with Gasteiger partial charge in [0, 0.05) is 76.4 Å². The molecule has 0 atom stereocenters. The summed E-state index contributed by atoms with van der Waals surface area (Å²) < 4.78 is 6.62. The van der Waals surface area contributed by atoms with Gasteiger partial charge >= 0.3 is 0 Å². The third-order valence-corrected chi connectivity index (χ3v) is 8.11. The summed E-state index contributed by atoms with van der Waals surface area (Å²) in [6.07, 6.45) is 3.85. The molecule has 2 aliphatic rings. The second-order valence-corrected chi connectivity index (χ2v) is 11.4. The number of morpholine rings is 1. The number of benzene rings is 1. The molecule has 2 aliphatic heterocycles. The van der Waals surface area contributed by atoms with Crippen LogP contribution in [0.25, 0.3) is 21.6 Å². The Labute approximate surface area is 233 Å². The number of hydrogen-bond acceptors (Lipinski definition) is 10. The monoisotopic (exact) mass is 547 g/mol. The third-order valence-electron chi connectivity index (χ3n) is 7.32. The Morgan fingerprint density at radius 2 is 1.74 bits per heavy atom. The highest BCUT2D eigenvalue weighted by molar-refractivity contribution is 7.16. The molecule has 6 rings (SSSR count). The van der Waals surface area contributed by atoms with Crippen LogP contribution in [0.4, 0.5) is 23.0 Å². The highest BCUT2D eigenvalue weighted by atomic mass is 32.1. The Morgan fingerprint density at radius 1 is 0.949 bits per heavy atom. The molecule has 3 aromatic heterocycles. The summed E-state index contributed by atoms with van der Waals surface area (Å²) in [6, 6.07) is 8.51. The van der Waals surface area contributed by atoms with Crippen LogP contribution in [-0.4, -0.2) is 101 Å². The number of H-pyrrole nitrogens is 1. The van der Waals surface area contributed by atoms with Crippen molar-refractivity contribution in [2.45, 2.75) is 19.9 Å². The van der Waals surface area contributed by atoms with Crippen molar-refractivity contribution in [2.24, 2.45) is 0 Å². The van der Waals surface area contributed by atoms with Gasteiger partial charge in [0.1, 0.15) is 17.5 Å². The Balaban J connectivity index is 1.11. The summed E-state index contributed by atoms with van der Waals surface area (Å²) in [6.45, 7) is 14.5. The van der Waals surface area contributed by atoms with Crippen LogP contribution in [0.15, 0.2) is 42.2 Å². The molecule has 0 bridgehead atoms. The molecule has 0 aliphatic carbocycles. The topological polar surface area (TPSA) is 97.5 Å². The Morgan fingerprint density at radius 3 is 2.54 bits per heavy atom. The molecule has 11 heteroatoms. The summed E-state index contributed by atoms with van der Waals surface area (Å²) in [4.78, 5) is 24.9. The molecule has 2 fully saturated rings. The molecule has 5 heterocycles. The van der Waals surface area contributed by atoms with E-state index in [2.05, 4.69) is 61.3 Å². The second kappa shape index (κ2) is 11.9. The molecule has 0 unspecified atom stereocenters. The summed E-state index contributed by atoms with van der Waals surface area (Å²) in [5.74, 6) is 2.67. The number of rotatable bonds is 9. The van der Waals surface area contributed by atoms with Crippen LogP contribution in [0.2, 0.25) is 0 Å². The lowest BCUT2D eigenvalue weighted by atomic mass is 10.2. The Kier molecular flexibility index (Phi) is 7.91. The average molecular weight is 548 g/mol. The summed E-state index contributed by atoms with van der Waals surface area (Å²) >= 11 is 1.64. The molecule has 39 heavy (non-hydrogen) atoms. The first-order valence-corrected chi connectivity index (χ1v) is 14.7. The number of nitrogens with zero attached hydrogens (tertiary/aromatic N) is 6. The van der Waals surface area contributed by atoms with E-state index in [-0.39, 0.29) is 6.04 Å². The number of piperazine rings is 1. The first kappa shape index (κ1) is 26.0. The molecule has 1 aromatic carbocycles. The van der Waals surface area contributed by atoms with Gasteiger partial charge < -0.3 is 25.3 Å². The van der Waals surface area contributed by atoms with Crippen LogP contribution in [0.5, 0.6) is 0 Å². The quantitative estimate of drug-likeness (QED) is 0.286. The van der Waals surface area contributed by atoms with Crippen molar-refractivity contribution in [3.05, 3.63) is 42.2 Å². The van der Waals surface area contributed by atoms with Crippen molar-refractivity contribution in [3.8, 4) is 11.4 Å². The van der Waals surface area contributed by atoms with Gasteiger partial charge in [-0.3, -0.25) is 9.80 Å². The molecule has 0 spiro atoms. The van der Waals surface area contributed by atoms with Crippen molar-refractivity contribution >= 4 is 44.6 Å². The Hall–Kier alpha value is -3.25. The van der Waals surface area contributed by atoms with Gasteiger partial charge in [-0.15, -0.1) is 11.3 Å². The van der Waals surface area contributed by atoms with Crippen LogP contribution < -0.4 is 15.5 Å². The lowest BCUT2D eigenvalue weighted by Gasteiger charge is -2.36. The van der Waals surface area contributed by atoms with E-state index in [9.17, 15) is 0 Å². The molecule has 0 amide bonds. The number of ether oxygens (including phenoxy) is 1. The average Bonchev–Trinajstić information content (AvgIpc) is 3.63. The fourth-order valence-electron chi connectivity index (χ4n) is 5.15. The molecule has 3 N–H and O–H groups in total. The standard InChI is InChI=1S/C28H37N9OS/c1-20(2)32-24-16-26(33-21-3-4-23-25(15-21)39-19-31-23)29-17-22(24)28-30-18-27(34-28)37-9-7-35(8-10-37)5-6-36-11-13-38-14-12-36/h3-4,15-20H,5-14H2,1-2H3,(H,30,34)(H2,29,32,33). The summed E-state index contributed by atoms with van der Waals surface area (Å²) in [5, 5.41) is 7.02. The first-order chi connectivity index (χ1) is 19.1. The summed E-state index contributed by atoms with van der Waals surface area (Å²) in [7, 11) is 0. The van der Waals surface area contributed by atoms with E-state index in [4.69, 9.17) is 14.7 Å². The number of anilines is 4. The normalized spacial score (nSPS) is 17.3. The maximum Gasteiger partial charge on any atom is 0.142 e. The van der Waals surface area contributed by atoms with Gasteiger partial charge in [-0.2, -0.15) is 0 Å². The minimum absolute atomic E-state index is 0.271. The van der Waals surface area contributed by atoms with E-state index in [0.717, 1.165) is 110 Å². The Bertz CT molecular complexity index is 1370. The predicted molar refractivity (Wildman–Crippen MR) is 159 cm³/mol. The lowest BCUT2D eigenvalue weighted by molar-refractivity contribution is 0.0331. The van der Waals surface area contributed by atoms with Crippen LogP contribution in [0.1, 0.15) is 13.8 Å². The molecule has 0 radical (unpaired) electrons. The van der Waals surface area contributed by atoms with Gasteiger partial charge in [0.2, 0.25) is 0 Å². The van der Waals surface area contributed by atoms with E-state index in [1.54, 1.807) is 11.3 Å². The zero-order valence-electron chi connectivity index (χ0n) is 22.7.